The fourth-order valence-electron chi connectivity index (χ4n) is 2.95. The van der Waals surface area contributed by atoms with Gasteiger partial charge < -0.3 is 10.1 Å². The second-order valence-electron chi connectivity index (χ2n) is 6.77. The Morgan fingerprint density at radius 3 is 2.27 bits per heavy atom. The smallest absolute Gasteiger partial charge is 0.267 e. The van der Waals surface area contributed by atoms with Crippen LogP contribution in [0.3, 0.4) is 0 Å². The molecule has 8 nitrogen and oxygen atoms in total. The van der Waals surface area contributed by atoms with Crippen molar-refractivity contribution in [2.75, 3.05) is 12.4 Å². The number of aromatic nitrogens is 2. The molecule has 1 N–H and O–H groups in total. The third-order valence-electron chi connectivity index (χ3n) is 4.29. The molecule has 2 aromatic carbocycles. The van der Waals surface area contributed by atoms with E-state index in [0.717, 1.165) is 27.9 Å². The Morgan fingerprint density at radius 1 is 1.03 bits per heavy atom. The van der Waals surface area contributed by atoms with Gasteiger partial charge in [0.1, 0.15) is 12.3 Å². The summed E-state index contributed by atoms with van der Waals surface area (Å²) < 4.78 is 31.5. The Hall–Kier alpha value is -3.46. The van der Waals surface area contributed by atoms with Crippen molar-refractivity contribution >= 4 is 21.4 Å². The number of carbonyl (C=O) groups is 1. The number of benzene rings is 2. The number of hydrogen-bond donors (Lipinski definition) is 1. The topological polar surface area (TPSA) is 107 Å². The number of carbonyl (C=O) groups excluding carboxylic acids is 1. The Labute approximate surface area is 174 Å². The predicted octanol–water partition coefficient (Wildman–Crippen LogP) is 2.34. The first kappa shape index (κ1) is 21.3. The highest BCUT2D eigenvalue weighted by Gasteiger charge is 2.21. The van der Waals surface area contributed by atoms with Gasteiger partial charge in [-0.25, -0.2) is 13.1 Å². The lowest BCUT2D eigenvalue weighted by Gasteiger charge is -2.10. The van der Waals surface area contributed by atoms with Crippen LogP contribution in [0.5, 0.6) is 5.75 Å². The Balaban J connectivity index is 1.85. The lowest BCUT2D eigenvalue weighted by Crippen LogP contribution is -2.30. The van der Waals surface area contributed by atoms with Gasteiger partial charge in [-0.2, -0.15) is 5.10 Å². The molecule has 0 saturated heterocycles. The summed E-state index contributed by atoms with van der Waals surface area (Å²) in [4.78, 5) is 24.5. The Kier molecular flexibility index (Phi) is 6.02. The highest BCUT2D eigenvalue weighted by molar-refractivity contribution is 7.91. The molecule has 1 heterocycles. The predicted molar refractivity (Wildman–Crippen MR) is 111 cm³/mol. The van der Waals surface area contributed by atoms with E-state index in [1.165, 1.54) is 31.4 Å². The first-order valence-electron chi connectivity index (χ1n) is 9.04. The molecule has 0 aliphatic carbocycles. The van der Waals surface area contributed by atoms with E-state index in [0.29, 0.717) is 11.4 Å². The van der Waals surface area contributed by atoms with Gasteiger partial charge in [-0.1, -0.05) is 6.07 Å². The molecule has 0 aliphatic rings. The van der Waals surface area contributed by atoms with Gasteiger partial charge in [0.2, 0.25) is 15.7 Å². The minimum absolute atomic E-state index is 0.000636. The number of nitrogens with one attached hydrogen (secondary N) is 1. The van der Waals surface area contributed by atoms with Gasteiger partial charge in [0, 0.05) is 11.8 Å². The number of methoxy groups -OCH3 is 1. The van der Waals surface area contributed by atoms with Crippen molar-refractivity contribution in [1.29, 1.82) is 0 Å². The van der Waals surface area contributed by atoms with Crippen LogP contribution in [-0.2, 0) is 21.2 Å². The summed E-state index contributed by atoms with van der Waals surface area (Å²) >= 11 is 0. The van der Waals surface area contributed by atoms with Gasteiger partial charge >= 0.3 is 0 Å². The molecule has 0 fully saturated rings. The van der Waals surface area contributed by atoms with Gasteiger partial charge in [0.05, 0.1) is 12.0 Å². The van der Waals surface area contributed by atoms with Crippen LogP contribution >= 0.6 is 0 Å². The van der Waals surface area contributed by atoms with Crippen molar-refractivity contribution in [1.82, 2.24) is 9.78 Å². The van der Waals surface area contributed by atoms with Gasteiger partial charge in [-0.3, -0.25) is 9.59 Å². The molecule has 3 rings (SSSR count). The zero-order chi connectivity index (χ0) is 21.9. The largest absolute Gasteiger partial charge is 0.497 e. The normalized spacial score (nSPS) is 11.2. The van der Waals surface area contributed by atoms with E-state index < -0.39 is 27.8 Å². The average molecular weight is 427 g/mol. The van der Waals surface area contributed by atoms with E-state index in [9.17, 15) is 18.0 Å². The van der Waals surface area contributed by atoms with Crippen molar-refractivity contribution < 1.29 is 17.9 Å². The molecular weight excluding hydrogens is 406 g/mol. The standard InChI is InChI=1S/C21H21N3O5S/c1-14-10-15(2)12-16(11-14)22-19(25)13-24-21(26)9-8-20(23-24)30(27,28)18-6-4-17(29-3)5-7-18/h4-12H,13H2,1-3H3,(H,22,25). The summed E-state index contributed by atoms with van der Waals surface area (Å²) in [5, 5.41) is 6.28. The molecule has 0 radical (unpaired) electrons. The summed E-state index contributed by atoms with van der Waals surface area (Å²) in [6.45, 7) is 3.39. The second-order valence-corrected chi connectivity index (χ2v) is 8.67. The number of aryl methyl sites for hydroxylation is 2. The van der Waals surface area contributed by atoms with Gasteiger partial charge in [0.15, 0.2) is 5.03 Å². The lowest BCUT2D eigenvalue weighted by molar-refractivity contribution is -0.117. The number of ether oxygens (including phenoxy) is 1. The van der Waals surface area contributed by atoms with E-state index in [-0.39, 0.29) is 9.92 Å². The molecule has 0 aliphatic heterocycles. The van der Waals surface area contributed by atoms with Gasteiger partial charge in [-0.05, 0) is 67.4 Å². The number of anilines is 1. The highest BCUT2D eigenvalue weighted by Crippen LogP contribution is 2.21. The molecule has 0 spiro atoms. The van der Waals surface area contributed by atoms with Gasteiger partial charge in [-0.15, -0.1) is 0 Å². The fraction of sp³-hybridized carbons (Fsp3) is 0.190. The number of rotatable bonds is 6. The van der Waals surface area contributed by atoms with E-state index >= 15 is 0 Å². The van der Waals surface area contributed by atoms with Crippen molar-refractivity contribution in [3.63, 3.8) is 0 Å². The maximum atomic E-state index is 12.8. The Bertz CT molecular complexity index is 1230. The molecule has 0 bridgehead atoms. The van der Waals surface area contributed by atoms with E-state index in [1.807, 2.05) is 19.9 Å². The molecule has 1 amide bonds. The fourth-order valence-corrected chi connectivity index (χ4v) is 4.13. The minimum Gasteiger partial charge on any atom is -0.497 e. The summed E-state index contributed by atoms with van der Waals surface area (Å²) in [6.07, 6.45) is 0. The Morgan fingerprint density at radius 2 is 1.67 bits per heavy atom. The van der Waals surface area contributed by atoms with Crippen LogP contribution in [0.1, 0.15) is 11.1 Å². The van der Waals surface area contributed by atoms with Gasteiger partial charge in [0.25, 0.3) is 5.56 Å². The van der Waals surface area contributed by atoms with E-state index in [4.69, 9.17) is 4.74 Å². The lowest BCUT2D eigenvalue weighted by atomic mass is 10.1. The van der Waals surface area contributed by atoms with Crippen LogP contribution in [-0.4, -0.2) is 31.2 Å². The maximum absolute atomic E-state index is 12.8. The number of nitrogens with zero attached hydrogens (tertiary/aromatic N) is 2. The molecule has 1 aromatic heterocycles. The SMILES string of the molecule is COc1ccc(S(=O)(=O)c2ccc(=O)n(CC(=O)Nc3cc(C)cc(C)c3)n2)cc1. The summed E-state index contributed by atoms with van der Waals surface area (Å²) in [7, 11) is -2.49. The number of sulfone groups is 1. The summed E-state index contributed by atoms with van der Waals surface area (Å²) in [5.74, 6) is 0.0172. The first-order chi connectivity index (χ1) is 14.2. The number of amides is 1. The third kappa shape index (κ3) is 4.74. The van der Waals surface area contributed by atoms with Crippen LogP contribution in [0.25, 0.3) is 0 Å². The molecule has 3 aromatic rings. The molecule has 30 heavy (non-hydrogen) atoms. The van der Waals surface area contributed by atoms with Crippen molar-refractivity contribution in [3.05, 3.63) is 76.1 Å². The van der Waals surface area contributed by atoms with Crippen LogP contribution in [0, 0.1) is 13.8 Å². The monoisotopic (exact) mass is 427 g/mol. The van der Waals surface area contributed by atoms with E-state index in [1.54, 1.807) is 12.1 Å². The van der Waals surface area contributed by atoms with Crippen molar-refractivity contribution in [2.45, 2.75) is 30.3 Å². The highest BCUT2D eigenvalue weighted by atomic mass is 32.2. The number of hydrogen-bond acceptors (Lipinski definition) is 6. The van der Waals surface area contributed by atoms with Crippen LogP contribution in [0.15, 0.2) is 69.3 Å². The molecule has 0 unspecified atom stereocenters. The molecule has 156 valence electrons. The third-order valence-corrected chi connectivity index (χ3v) is 5.95. The van der Waals surface area contributed by atoms with Crippen LogP contribution in [0.2, 0.25) is 0 Å². The minimum atomic E-state index is -3.97. The van der Waals surface area contributed by atoms with Crippen molar-refractivity contribution in [3.8, 4) is 5.75 Å². The molecular formula is C21H21N3O5S. The van der Waals surface area contributed by atoms with E-state index in [2.05, 4.69) is 10.4 Å². The molecule has 0 atom stereocenters. The van der Waals surface area contributed by atoms with Crippen LogP contribution in [0.4, 0.5) is 5.69 Å². The summed E-state index contributed by atoms with van der Waals surface area (Å²) in [5.41, 5.74) is 1.97. The van der Waals surface area contributed by atoms with Crippen molar-refractivity contribution in [2.24, 2.45) is 0 Å². The zero-order valence-electron chi connectivity index (χ0n) is 16.7. The second kappa shape index (κ2) is 8.50. The zero-order valence-corrected chi connectivity index (χ0v) is 17.6. The summed E-state index contributed by atoms with van der Waals surface area (Å²) in [6, 6.07) is 13.6. The molecule has 0 saturated carbocycles. The molecule has 9 heteroatoms. The maximum Gasteiger partial charge on any atom is 0.267 e. The quantitative estimate of drug-likeness (QED) is 0.647. The average Bonchev–Trinajstić information content (AvgIpc) is 2.68. The first-order valence-corrected chi connectivity index (χ1v) is 10.5. The van der Waals surface area contributed by atoms with Crippen LogP contribution < -0.4 is 15.6 Å².